The van der Waals surface area contributed by atoms with Gasteiger partial charge in [0.05, 0.1) is 11.3 Å². The van der Waals surface area contributed by atoms with Crippen molar-refractivity contribution < 1.29 is 17.6 Å². The van der Waals surface area contributed by atoms with Crippen LogP contribution in [0.25, 0.3) is 11.3 Å². The Hall–Kier alpha value is -3.53. The molecule has 3 heterocycles. The van der Waals surface area contributed by atoms with Crippen molar-refractivity contribution in [2.75, 3.05) is 17.2 Å². The van der Waals surface area contributed by atoms with Crippen LogP contribution in [-0.2, 0) is 10.0 Å². The number of benzene rings is 1. The van der Waals surface area contributed by atoms with Crippen molar-refractivity contribution >= 4 is 27.6 Å². The molecule has 0 spiro atoms. The lowest BCUT2D eigenvalue weighted by Crippen LogP contribution is -2.43. The monoisotopic (exact) mass is 497 g/mol. The third-order valence-corrected chi connectivity index (χ3v) is 8.00. The van der Waals surface area contributed by atoms with Gasteiger partial charge in [-0.25, -0.2) is 19.1 Å². The number of pyridine rings is 2. The van der Waals surface area contributed by atoms with Crippen molar-refractivity contribution in [1.29, 1.82) is 0 Å². The minimum absolute atomic E-state index is 0.0226. The van der Waals surface area contributed by atoms with E-state index >= 15 is 0 Å². The van der Waals surface area contributed by atoms with E-state index in [-0.39, 0.29) is 27.8 Å². The summed E-state index contributed by atoms with van der Waals surface area (Å²) in [5.74, 6) is -0.438. The molecule has 1 atom stereocenters. The minimum Gasteiger partial charge on any atom is -0.384 e. The molecular weight excluding hydrogens is 469 g/mol. The van der Waals surface area contributed by atoms with Gasteiger partial charge >= 0.3 is 0 Å². The second-order valence-electron chi connectivity index (χ2n) is 9.36. The molecule has 3 N–H and O–H groups in total. The van der Waals surface area contributed by atoms with Crippen LogP contribution in [-0.4, -0.2) is 36.4 Å². The summed E-state index contributed by atoms with van der Waals surface area (Å²) in [4.78, 5) is 23.9. The van der Waals surface area contributed by atoms with Crippen molar-refractivity contribution in [3.8, 4) is 11.3 Å². The average molecular weight is 498 g/mol. The predicted octanol–water partition coefficient (Wildman–Crippen LogP) is 3.92. The normalized spacial score (nSPS) is 17.4. The van der Waals surface area contributed by atoms with Crippen LogP contribution in [0.1, 0.15) is 43.1 Å². The molecule has 1 aromatic carbocycles. The van der Waals surface area contributed by atoms with Gasteiger partial charge in [0.2, 0.25) is 0 Å². The Morgan fingerprint density at radius 1 is 1.17 bits per heavy atom. The van der Waals surface area contributed by atoms with E-state index in [1.54, 1.807) is 31.2 Å². The van der Waals surface area contributed by atoms with Crippen LogP contribution in [0, 0.1) is 18.7 Å². The van der Waals surface area contributed by atoms with E-state index in [2.05, 4.69) is 30.5 Å². The number of carbonyl (C=O) groups excluding carboxylic acids is 1. The van der Waals surface area contributed by atoms with Crippen LogP contribution in [0.4, 0.5) is 16.0 Å². The highest BCUT2D eigenvalue weighted by atomic mass is 32.2. The first kappa shape index (κ1) is 24.6. The molecule has 1 saturated heterocycles. The van der Waals surface area contributed by atoms with Crippen molar-refractivity contribution in [3.63, 3.8) is 0 Å². The summed E-state index contributed by atoms with van der Waals surface area (Å²) in [5.41, 5.74) is 7.12. The summed E-state index contributed by atoms with van der Waals surface area (Å²) in [5, 5.41) is -0.353. The van der Waals surface area contributed by atoms with Gasteiger partial charge in [-0.3, -0.25) is 4.79 Å². The number of carbonyl (C=O) groups is 1. The van der Waals surface area contributed by atoms with Crippen LogP contribution in [0.3, 0.4) is 0 Å². The molecule has 2 aromatic heterocycles. The van der Waals surface area contributed by atoms with Gasteiger partial charge < -0.3 is 10.6 Å². The van der Waals surface area contributed by atoms with Gasteiger partial charge in [-0.2, -0.15) is 8.42 Å². The number of hydrogen-bond donors (Lipinski definition) is 2. The molecule has 3 aromatic rings. The molecule has 0 radical (unpaired) electrons. The van der Waals surface area contributed by atoms with E-state index in [1.165, 1.54) is 24.3 Å². The van der Waals surface area contributed by atoms with Crippen LogP contribution in [0.2, 0.25) is 0 Å². The van der Waals surface area contributed by atoms with Crippen LogP contribution in [0.15, 0.2) is 53.6 Å². The van der Waals surface area contributed by atoms with Crippen LogP contribution >= 0.6 is 0 Å². The maximum atomic E-state index is 13.8. The van der Waals surface area contributed by atoms with Gasteiger partial charge in [-0.1, -0.05) is 13.0 Å². The summed E-state index contributed by atoms with van der Waals surface area (Å²) in [6.45, 7) is 8.58. The zero-order chi connectivity index (χ0) is 25.5. The van der Waals surface area contributed by atoms with Crippen LogP contribution in [0.5, 0.6) is 0 Å². The van der Waals surface area contributed by atoms with E-state index in [0.29, 0.717) is 35.1 Å². The number of hydrogen-bond acceptors (Lipinski definition) is 7. The lowest BCUT2D eigenvalue weighted by atomic mass is 9.90. The van der Waals surface area contributed by atoms with E-state index in [0.717, 1.165) is 6.42 Å². The molecule has 1 aliphatic rings. The molecule has 0 aliphatic carbocycles. The van der Waals surface area contributed by atoms with Gasteiger partial charge in [0.25, 0.3) is 15.9 Å². The summed E-state index contributed by atoms with van der Waals surface area (Å²) >= 11 is 0. The summed E-state index contributed by atoms with van der Waals surface area (Å²) in [6, 6.07) is 12.0. The SMILES string of the molecule is Cc1cc(-c2ccc(C(=O)NS(=O)(=O)c3cccc(N)n3)c(N3CCC(C)C3(C)C)n2)ccc1F. The zero-order valence-corrected chi connectivity index (χ0v) is 20.9. The Labute approximate surface area is 204 Å². The molecule has 0 saturated carbocycles. The van der Waals surface area contributed by atoms with Crippen molar-refractivity contribution in [2.24, 2.45) is 5.92 Å². The summed E-state index contributed by atoms with van der Waals surface area (Å²) in [7, 11) is -4.26. The number of rotatable bonds is 5. The molecule has 10 heteroatoms. The second kappa shape index (κ2) is 8.92. The molecule has 1 aliphatic heterocycles. The number of anilines is 2. The minimum atomic E-state index is -4.26. The highest BCUT2D eigenvalue weighted by Gasteiger charge is 2.41. The Kier molecular flexibility index (Phi) is 6.27. The number of halogens is 1. The third-order valence-electron chi connectivity index (χ3n) is 6.76. The predicted molar refractivity (Wildman–Crippen MR) is 133 cm³/mol. The van der Waals surface area contributed by atoms with E-state index in [4.69, 9.17) is 10.7 Å². The van der Waals surface area contributed by atoms with Gasteiger partial charge in [0.1, 0.15) is 17.5 Å². The quantitative estimate of drug-likeness (QED) is 0.548. The zero-order valence-electron chi connectivity index (χ0n) is 20.0. The number of nitrogen functional groups attached to an aromatic ring is 1. The highest BCUT2D eigenvalue weighted by molar-refractivity contribution is 7.90. The van der Waals surface area contributed by atoms with Crippen LogP contribution < -0.4 is 15.4 Å². The fourth-order valence-corrected chi connectivity index (χ4v) is 5.16. The smallest absolute Gasteiger partial charge is 0.281 e. The number of sulfonamides is 1. The van der Waals surface area contributed by atoms with Crippen molar-refractivity contribution in [2.45, 2.75) is 44.7 Å². The van der Waals surface area contributed by atoms with Gasteiger partial charge in [0.15, 0.2) is 5.03 Å². The van der Waals surface area contributed by atoms with E-state index < -0.39 is 15.9 Å². The molecule has 35 heavy (non-hydrogen) atoms. The summed E-state index contributed by atoms with van der Waals surface area (Å²) in [6.07, 6.45) is 0.890. The first-order valence-corrected chi connectivity index (χ1v) is 12.7. The topological polar surface area (TPSA) is 118 Å². The third kappa shape index (κ3) is 4.70. The highest BCUT2D eigenvalue weighted by Crippen LogP contribution is 2.39. The maximum Gasteiger partial charge on any atom is 0.281 e. The Bertz CT molecular complexity index is 1410. The molecule has 1 fully saturated rings. The molecule has 184 valence electrons. The first-order valence-electron chi connectivity index (χ1n) is 11.2. The fraction of sp³-hybridized carbons (Fsp3) is 0.320. The lowest BCUT2D eigenvalue weighted by molar-refractivity contribution is 0.0981. The number of nitrogens with one attached hydrogen (secondary N) is 1. The Balaban J connectivity index is 1.78. The standard InChI is InChI=1S/C25H28FN5O3S/c1-15-14-17(8-10-19(15)26)20-11-9-18(23(28-20)31-13-12-16(2)25(31,3)4)24(32)30-35(33,34)22-7-5-6-21(27)29-22/h5-11,14,16H,12-13H2,1-4H3,(H2,27,29)(H,30,32). The van der Waals surface area contributed by atoms with Gasteiger partial charge in [0, 0.05) is 17.6 Å². The number of amides is 1. The van der Waals surface area contributed by atoms with Crippen molar-refractivity contribution in [3.05, 3.63) is 65.5 Å². The van der Waals surface area contributed by atoms with E-state index in [9.17, 15) is 17.6 Å². The fourth-order valence-electron chi connectivity index (χ4n) is 4.21. The Morgan fingerprint density at radius 3 is 2.54 bits per heavy atom. The van der Waals surface area contributed by atoms with Crippen molar-refractivity contribution in [1.82, 2.24) is 14.7 Å². The second-order valence-corrected chi connectivity index (χ2v) is 11.0. The molecule has 0 bridgehead atoms. The average Bonchev–Trinajstić information content (AvgIpc) is 3.07. The number of nitrogens with two attached hydrogens (primary N) is 1. The van der Waals surface area contributed by atoms with Gasteiger partial charge in [-0.15, -0.1) is 0 Å². The van der Waals surface area contributed by atoms with E-state index in [1.807, 2.05) is 4.90 Å². The molecule has 4 rings (SSSR count). The summed E-state index contributed by atoms with van der Waals surface area (Å²) < 4.78 is 41.6. The molecule has 8 nitrogen and oxygen atoms in total. The Morgan fingerprint density at radius 2 is 1.91 bits per heavy atom. The molecular formula is C25H28FN5O3S. The number of aryl methyl sites for hydroxylation is 1. The maximum absolute atomic E-state index is 13.8. The van der Waals surface area contributed by atoms with Gasteiger partial charge in [-0.05, 0) is 81.1 Å². The largest absolute Gasteiger partial charge is 0.384 e. The number of aromatic nitrogens is 2. The lowest BCUT2D eigenvalue weighted by Gasteiger charge is -2.36. The molecule has 1 amide bonds. The number of nitrogens with zero attached hydrogens (tertiary/aromatic N) is 3. The molecule has 1 unspecified atom stereocenters. The first-order chi connectivity index (χ1) is 16.4.